The van der Waals surface area contributed by atoms with Gasteiger partial charge in [0.15, 0.2) is 11.5 Å². The lowest BCUT2D eigenvalue weighted by molar-refractivity contribution is -0.0292. The normalized spacial score (nSPS) is 33.8. The Labute approximate surface area is 132 Å². The van der Waals surface area contributed by atoms with Gasteiger partial charge in [-0.25, -0.2) is 0 Å². The lowest BCUT2D eigenvalue weighted by Gasteiger charge is -2.51. The van der Waals surface area contributed by atoms with Crippen LogP contribution in [0.15, 0.2) is 12.1 Å². The molecule has 3 aliphatic rings. The second-order valence-electron chi connectivity index (χ2n) is 6.88. The highest BCUT2D eigenvalue weighted by atomic mass is 16.5. The average Bonchev–Trinajstić information content (AvgIpc) is 2.94. The van der Waals surface area contributed by atoms with Crippen LogP contribution in [0.25, 0.3) is 0 Å². The molecule has 0 bridgehead atoms. The fraction of sp³-hybridized carbons (Fsp3) is 0.667. The summed E-state index contributed by atoms with van der Waals surface area (Å²) in [7, 11) is 3.39. The van der Waals surface area contributed by atoms with Crippen molar-refractivity contribution in [2.75, 3.05) is 27.3 Å². The molecular weight excluding hydrogens is 278 g/mol. The molecule has 120 valence electrons. The van der Waals surface area contributed by atoms with E-state index in [0.717, 1.165) is 56.7 Å². The van der Waals surface area contributed by atoms with Crippen LogP contribution in [0.1, 0.15) is 36.8 Å². The molecule has 1 N–H and O–H groups in total. The van der Waals surface area contributed by atoms with Crippen LogP contribution in [0.2, 0.25) is 0 Å². The van der Waals surface area contributed by atoms with Crippen LogP contribution in [0.5, 0.6) is 11.5 Å². The van der Waals surface area contributed by atoms with Crippen LogP contribution in [-0.4, -0.2) is 43.4 Å². The van der Waals surface area contributed by atoms with Crippen molar-refractivity contribution in [3.05, 3.63) is 23.3 Å². The first kappa shape index (κ1) is 14.3. The number of nitrogens with zero attached hydrogens (tertiary/aromatic N) is 1. The fourth-order valence-electron chi connectivity index (χ4n) is 5.21. The molecule has 0 radical (unpaired) electrons. The molecule has 0 amide bonds. The second kappa shape index (κ2) is 5.14. The largest absolute Gasteiger partial charge is 0.493 e. The van der Waals surface area contributed by atoms with Gasteiger partial charge in [0.05, 0.1) is 25.9 Å². The summed E-state index contributed by atoms with van der Waals surface area (Å²) in [5.74, 6) is 1.98. The first-order chi connectivity index (χ1) is 10.7. The van der Waals surface area contributed by atoms with E-state index in [0.29, 0.717) is 5.92 Å². The minimum absolute atomic E-state index is 0.0187. The Bertz CT molecular complexity index is 588. The zero-order valence-electron chi connectivity index (χ0n) is 13.5. The Morgan fingerprint density at radius 2 is 1.91 bits per heavy atom. The Morgan fingerprint density at radius 1 is 1.14 bits per heavy atom. The van der Waals surface area contributed by atoms with E-state index in [1.54, 1.807) is 14.2 Å². The summed E-state index contributed by atoms with van der Waals surface area (Å²) in [5.41, 5.74) is 2.76. The predicted octanol–water partition coefficient (Wildman–Crippen LogP) is 2.32. The molecule has 22 heavy (non-hydrogen) atoms. The van der Waals surface area contributed by atoms with E-state index >= 15 is 0 Å². The summed E-state index contributed by atoms with van der Waals surface area (Å²) < 4.78 is 11.0. The first-order valence-electron chi connectivity index (χ1n) is 8.39. The number of benzene rings is 1. The van der Waals surface area contributed by atoms with Crippen LogP contribution < -0.4 is 9.47 Å². The average molecular weight is 303 g/mol. The van der Waals surface area contributed by atoms with Gasteiger partial charge in [-0.3, -0.25) is 4.90 Å². The smallest absolute Gasteiger partial charge is 0.161 e. The van der Waals surface area contributed by atoms with Crippen molar-refractivity contribution < 1.29 is 14.6 Å². The second-order valence-corrected chi connectivity index (χ2v) is 6.88. The van der Waals surface area contributed by atoms with E-state index in [1.165, 1.54) is 11.1 Å². The number of hydrogen-bond donors (Lipinski definition) is 1. The number of ether oxygens (including phenoxy) is 2. The standard InChI is InChI=1S/C18H25NO3/c1-21-16-10-12-5-8-19-9-6-13-15(20)4-3-7-18(13,19)14(12)11-17(16)22-2/h10-11,13,15,20H,3-9H2,1-2H3/t13-,15-,18+/m1/s1. The molecule has 2 heterocycles. The Morgan fingerprint density at radius 3 is 2.68 bits per heavy atom. The Hall–Kier alpha value is -1.26. The Balaban J connectivity index is 1.89. The molecule has 1 aromatic rings. The van der Waals surface area contributed by atoms with Gasteiger partial charge in [0.1, 0.15) is 0 Å². The summed E-state index contributed by atoms with van der Waals surface area (Å²) in [6.07, 6.45) is 5.19. The highest BCUT2D eigenvalue weighted by molar-refractivity contribution is 5.52. The zero-order valence-corrected chi connectivity index (χ0v) is 13.5. The Kier molecular flexibility index (Phi) is 3.35. The number of hydrogen-bond acceptors (Lipinski definition) is 4. The highest BCUT2D eigenvalue weighted by Crippen LogP contribution is 2.55. The van der Waals surface area contributed by atoms with E-state index in [4.69, 9.17) is 9.47 Å². The molecule has 4 rings (SSSR count). The van der Waals surface area contributed by atoms with E-state index in [1.807, 2.05) is 0 Å². The van der Waals surface area contributed by atoms with E-state index in [2.05, 4.69) is 17.0 Å². The third-order valence-electron chi connectivity index (χ3n) is 6.14. The molecule has 0 unspecified atom stereocenters. The molecular formula is C18H25NO3. The van der Waals surface area contributed by atoms with Gasteiger partial charge in [0, 0.05) is 12.5 Å². The number of aliphatic hydroxyl groups excluding tert-OH is 1. The van der Waals surface area contributed by atoms with E-state index < -0.39 is 0 Å². The monoisotopic (exact) mass is 303 g/mol. The van der Waals surface area contributed by atoms with Gasteiger partial charge < -0.3 is 14.6 Å². The van der Waals surface area contributed by atoms with Crippen LogP contribution in [0, 0.1) is 5.92 Å². The fourth-order valence-corrected chi connectivity index (χ4v) is 5.21. The van der Waals surface area contributed by atoms with Crippen molar-refractivity contribution in [2.45, 2.75) is 43.7 Å². The van der Waals surface area contributed by atoms with Gasteiger partial charge in [0.25, 0.3) is 0 Å². The minimum atomic E-state index is -0.169. The predicted molar refractivity (Wildman–Crippen MR) is 84.5 cm³/mol. The van der Waals surface area contributed by atoms with Gasteiger partial charge in [-0.2, -0.15) is 0 Å². The summed E-state index contributed by atoms with van der Waals surface area (Å²) in [6.45, 7) is 2.20. The quantitative estimate of drug-likeness (QED) is 0.910. The molecule has 4 nitrogen and oxygen atoms in total. The molecule has 1 aliphatic carbocycles. The zero-order chi connectivity index (χ0) is 15.3. The highest BCUT2D eigenvalue weighted by Gasteiger charge is 2.56. The maximum absolute atomic E-state index is 10.6. The van der Waals surface area contributed by atoms with Crippen molar-refractivity contribution in [1.29, 1.82) is 0 Å². The molecule has 2 fully saturated rings. The first-order valence-corrected chi connectivity index (χ1v) is 8.39. The topological polar surface area (TPSA) is 41.9 Å². The third kappa shape index (κ3) is 1.77. The minimum Gasteiger partial charge on any atom is -0.493 e. The summed E-state index contributed by atoms with van der Waals surface area (Å²) in [5, 5.41) is 10.6. The molecule has 2 aliphatic heterocycles. The lowest BCUT2D eigenvalue weighted by Crippen LogP contribution is -2.54. The van der Waals surface area contributed by atoms with Gasteiger partial charge in [0.2, 0.25) is 0 Å². The number of fused-ring (bicyclic) bond motifs is 1. The van der Waals surface area contributed by atoms with Gasteiger partial charge >= 0.3 is 0 Å². The van der Waals surface area contributed by atoms with Crippen molar-refractivity contribution in [3.63, 3.8) is 0 Å². The van der Waals surface area contributed by atoms with Crippen molar-refractivity contribution in [1.82, 2.24) is 4.90 Å². The molecule has 1 spiro atoms. The van der Waals surface area contributed by atoms with E-state index in [-0.39, 0.29) is 11.6 Å². The van der Waals surface area contributed by atoms with Crippen LogP contribution in [0.4, 0.5) is 0 Å². The number of methoxy groups -OCH3 is 2. The number of rotatable bonds is 2. The van der Waals surface area contributed by atoms with Gasteiger partial charge in [-0.15, -0.1) is 0 Å². The molecule has 1 aromatic carbocycles. The molecule has 1 saturated carbocycles. The summed E-state index contributed by atoms with van der Waals surface area (Å²) in [6, 6.07) is 4.33. The van der Waals surface area contributed by atoms with Gasteiger partial charge in [-0.05, 0) is 61.9 Å². The van der Waals surface area contributed by atoms with Crippen molar-refractivity contribution in [3.8, 4) is 11.5 Å². The molecule has 1 saturated heterocycles. The van der Waals surface area contributed by atoms with Gasteiger partial charge in [-0.1, -0.05) is 0 Å². The summed E-state index contributed by atoms with van der Waals surface area (Å²) in [4.78, 5) is 2.62. The molecule has 0 aromatic heterocycles. The SMILES string of the molecule is COc1cc2c(cc1OC)[C@]13CCC[C@@H](O)[C@H]1CCN3CC2. The van der Waals surface area contributed by atoms with Crippen LogP contribution in [0.3, 0.4) is 0 Å². The van der Waals surface area contributed by atoms with Crippen molar-refractivity contribution in [2.24, 2.45) is 5.92 Å². The molecule has 4 heteroatoms. The maximum Gasteiger partial charge on any atom is 0.161 e. The maximum atomic E-state index is 10.6. The molecule has 3 atom stereocenters. The van der Waals surface area contributed by atoms with Crippen LogP contribution in [-0.2, 0) is 12.0 Å². The van der Waals surface area contributed by atoms with Crippen LogP contribution >= 0.6 is 0 Å². The lowest BCUT2D eigenvalue weighted by atomic mass is 9.65. The van der Waals surface area contributed by atoms with Crippen molar-refractivity contribution >= 4 is 0 Å². The number of aliphatic hydroxyl groups is 1. The third-order valence-corrected chi connectivity index (χ3v) is 6.14. The summed E-state index contributed by atoms with van der Waals surface area (Å²) >= 11 is 0. The van der Waals surface area contributed by atoms with E-state index in [9.17, 15) is 5.11 Å².